The van der Waals surface area contributed by atoms with Crippen molar-refractivity contribution in [3.8, 4) is 0 Å². The van der Waals surface area contributed by atoms with Crippen molar-refractivity contribution in [1.29, 1.82) is 0 Å². The number of hydrogen-bond donors (Lipinski definition) is 1. The molecular weight excluding hydrogens is 194 g/mol. The van der Waals surface area contributed by atoms with Gasteiger partial charge in [0.1, 0.15) is 0 Å². The van der Waals surface area contributed by atoms with Gasteiger partial charge < -0.3 is 5.32 Å². The first-order valence-corrected chi connectivity index (χ1v) is 6.39. The lowest BCUT2D eigenvalue weighted by molar-refractivity contribution is 0.446. The van der Waals surface area contributed by atoms with E-state index in [0.717, 1.165) is 19.0 Å². The molecule has 0 aromatic heterocycles. The molecule has 0 radical (unpaired) electrons. The van der Waals surface area contributed by atoms with E-state index in [1.165, 1.54) is 17.5 Å². The lowest BCUT2D eigenvalue weighted by atomic mass is 9.81. The Morgan fingerprint density at radius 3 is 2.62 bits per heavy atom. The molecule has 0 spiro atoms. The molecule has 1 aliphatic heterocycles. The van der Waals surface area contributed by atoms with Gasteiger partial charge in [-0.3, -0.25) is 0 Å². The fourth-order valence-electron chi connectivity index (χ4n) is 2.94. The summed E-state index contributed by atoms with van der Waals surface area (Å²) in [5.74, 6) is 1.49. The Labute approximate surface area is 99.3 Å². The molecule has 1 atom stereocenters. The molecule has 16 heavy (non-hydrogen) atoms. The summed E-state index contributed by atoms with van der Waals surface area (Å²) in [5.41, 5.74) is 6.11. The van der Waals surface area contributed by atoms with Crippen LogP contribution in [0.4, 0.5) is 0 Å². The maximum atomic E-state index is 3.56. The molecule has 1 aliphatic rings. The van der Waals surface area contributed by atoms with Gasteiger partial charge in [0.05, 0.1) is 0 Å². The summed E-state index contributed by atoms with van der Waals surface area (Å²) in [6, 6.07) is 4.54. The van der Waals surface area contributed by atoms with Gasteiger partial charge >= 0.3 is 0 Å². The highest BCUT2D eigenvalue weighted by Crippen LogP contribution is 2.33. The van der Waals surface area contributed by atoms with Gasteiger partial charge in [-0.2, -0.15) is 0 Å². The SMILES string of the molecule is Cc1ccc(C)c2c1CNCC2CC(C)C. The summed E-state index contributed by atoms with van der Waals surface area (Å²) in [6.07, 6.45) is 1.30. The third-order valence-electron chi connectivity index (χ3n) is 3.67. The van der Waals surface area contributed by atoms with E-state index >= 15 is 0 Å². The van der Waals surface area contributed by atoms with E-state index in [1.807, 2.05) is 0 Å². The van der Waals surface area contributed by atoms with E-state index in [-0.39, 0.29) is 0 Å². The molecule has 1 aromatic carbocycles. The van der Waals surface area contributed by atoms with E-state index in [4.69, 9.17) is 0 Å². The normalized spacial score (nSPS) is 19.9. The van der Waals surface area contributed by atoms with Crippen molar-refractivity contribution in [2.24, 2.45) is 5.92 Å². The number of benzene rings is 1. The lowest BCUT2D eigenvalue weighted by Gasteiger charge is -2.30. The Morgan fingerprint density at radius 1 is 1.25 bits per heavy atom. The van der Waals surface area contributed by atoms with Crippen molar-refractivity contribution in [2.75, 3.05) is 6.54 Å². The van der Waals surface area contributed by atoms with Crippen LogP contribution in [0.15, 0.2) is 12.1 Å². The zero-order valence-corrected chi connectivity index (χ0v) is 10.9. The summed E-state index contributed by atoms with van der Waals surface area (Å²) in [4.78, 5) is 0. The fourth-order valence-corrected chi connectivity index (χ4v) is 2.94. The van der Waals surface area contributed by atoms with Crippen LogP contribution in [0.1, 0.15) is 48.4 Å². The second-order valence-corrected chi connectivity index (χ2v) is 5.55. The lowest BCUT2D eigenvalue weighted by Crippen LogP contribution is -2.30. The van der Waals surface area contributed by atoms with Crippen LogP contribution in [0.2, 0.25) is 0 Å². The fraction of sp³-hybridized carbons (Fsp3) is 0.600. The van der Waals surface area contributed by atoms with Gasteiger partial charge in [0.2, 0.25) is 0 Å². The minimum atomic E-state index is 0.712. The van der Waals surface area contributed by atoms with Crippen molar-refractivity contribution in [3.63, 3.8) is 0 Å². The van der Waals surface area contributed by atoms with E-state index < -0.39 is 0 Å². The minimum absolute atomic E-state index is 0.712. The molecule has 0 saturated carbocycles. The number of hydrogen-bond acceptors (Lipinski definition) is 1. The maximum Gasteiger partial charge on any atom is 0.0211 e. The van der Waals surface area contributed by atoms with Gasteiger partial charge in [-0.1, -0.05) is 26.0 Å². The summed E-state index contributed by atoms with van der Waals surface area (Å²) in [7, 11) is 0. The number of fused-ring (bicyclic) bond motifs is 1. The maximum absolute atomic E-state index is 3.56. The number of nitrogens with one attached hydrogen (secondary N) is 1. The third kappa shape index (κ3) is 2.15. The smallest absolute Gasteiger partial charge is 0.0211 e. The molecule has 2 rings (SSSR count). The standard InChI is InChI=1S/C15H23N/c1-10(2)7-13-8-16-9-14-11(3)5-6-12(4)15(13)14/h5-6,10,13,16H,7-9H2,1-4H3. The van der Waals surface area contributed by atoms with E-state index in [9.17, 15) is 0 Å². The molecule has 1 heterocycles. The molecule has 0 bridgehead atoms. The molecule has 0 saturated heterocycles. The molecule has 1 nitrogen and oxygen atoms in total. The van der Waals surface area contributed by atoms with Crippen LogP contribution in [0.3, 0.4) is 0 Å². The highest BCUT2D eigenvalue weighted by molar-refractivity contribution is 5.43. The van der Waals surface area contributed by atoms with Crippen molar-refractivity contribution >= 4 is 0 Å². The minimum Gasteiger partial charge on any atom is -0.312 e. The molecule has 1 heteroatoms. The zero-order valence-electron chi connectivity index (χ0n) is 10.9. The van der Waals surface area contributed by atoms with Crippen LogP contribution in [-0.2, 0) is 6.54 Å². The van der Waals surface area contributed by atoms with Crippen LogP contribution in [0.25, 0.3) is 0 Å². The van der Waals surface area contributed by atoms with E-state index in [1.54, 1.807) is 11.1 Å². The van der Waals surface area contributed by atoms with Gasteiger partial charge in [0.15, 0.2) is 0 Å². The van der Waals surface area contributed by atoms with Crippen LogP contribution < -0.4 is 5.32 Å². The van der Waals surface area contributed by atoms with Crippen molar-refractivity contribution in [2.45, 2.75) is 46.6 Å². The average molecular weight is 217 g/mol. The van der Waals surface area contributed by atoms with E-state index in [2.05, 4.69) is 45.1 Å². The zero-order chi connectivity index (χ0) is 11.7. The highest BCUT2D eigenvalue weighted by Gasteiger charge is 2.23. The van der Waals surface area contributed by atoms with Crippen molar-refractivity contribution in [1.82, 2.24) is 5.32 Å². The van der Waals surface area contributed by atoms with E-state index in [0.29, 0.717) is 5.92 Å². The summed E-state index contributed by atoms with van der Waals surface area (Å²) >= 11 is 0. The summed E-state index contributed by atoms with van der Waals surface area (Å²) in [5, 5.41) is 3.56. The molecule has 1 unspecified atom stereocenters. The molecular formula is C15H23N. The highest BCUT2D eigenvalue weighted by atomic mass is 14.9. The largest absolute Gasteiger partial charge is 0.312 e. The molecule has 1 N–H and O–H groups in total. The Bertz CT molecular complexity index is 379. The molecule has 0 aliphatic carbocycles. The Hall–Kier alpha value is -0.820. The first kappa shape index (κ1) is 11.7. The van der Waals surface area contributed by atoms with Gasteiger partial charge in [0, 0.05) is 13.1 Å². The third-order valence-corrected chi connectivity index (χ3v) is 3.67. The Balaban J connectivity index is 2.40. The number of aryl methyl sites for hydroxylation is 2. The molecule has 1 aromatic rings. The second-order valence-electron chi connectivity index (χ2n) is 5.55. The van der Waals surface area contributed by atoms with Crippen molar-refractivity contribution in [3.05, 3.63) is 34.4 Å². The molecule has 0 amide bonds. The molecule has 88 valence electrons. The number of rotatable bonds is 2. The van der Waals surface area contributed by atoms with Crippen LogP contribution in [0, 0.1) is 19.8 Å². The predicted molar refractivity (Wildman–Crippen MR) is 69.8 cm³/mol. The topological polar surface area (TPSA) is 12.0 Å². The van der Waals surface area contributed by atoms with Crippen molar-refractivity contribution < 1.29 is 0 Å². The summed E-state index contributed by atoms with van der Waals surface area (Å²) < 4.78 is 0. The van der Waals surface area contributed by atoms with Crippen LogP contribution in [-0.4, -0.2) is 6.54 Å². The van der Waals surface area contributed by atoms with Crippen LogP contribution in [0.5, 0.6) is 0 Å². The van der Waals surface area contributed by atoms with Crippen LogP contribution >= 0.6 is 0 Å². The van der Waals surface area contributed by atoms with Gasteiger partial charge in [-0.15, -0.1) is 0 Å². The Morgan fingerprint density at radius 2 is 1.94 bits per heavy atom. The van der Waals surface area contributed by atoms with Gasteiger partial charge in [-0.25, -0.2) is 0 Å². The predicted octanol–water partition coefficient (Wildman–Crippen LogP) is 3.54. The Kier molecular flexibility index (Phi) is 3.34. The first-order valence-electron chi connectivity index (χ1n) is 6.39. The second kappa shape index (κ2) is 4.58. The monoisotopic (exact) mass is 217 g/mol. The van der Waals surface area contributed by atoms with Gasteiger partial charge in [-0.05, 0) is 54.4 Å². The first-order chi connectivity index (χ1) is 7.59. The summed E-state index contributed by atoms with van der Waals surface area (Å²) in [6.45, 7) is 11.3. The van der Waals surface area contributed by atoms with Gasteiger partial charge in [0.25, 0.3) is 0 Å². The molecule has 0 fully saturated rings. The average Bonchev–Trinajstić information content (AvgIpc) is 2.23. The quantitative estimate of drug-likeness (QED) is 0.799.